The van der Waals surface area contributed by atoms with Crippen LogP contribution in [-0.2, 0) is 16.4 Å². The Morgan fingerprint density at radius 3 is 2.44 bits per heavy atom. The summed E-state index contributed by atoms with van der Waals surface area (Å²) < 4.78 is 95.7. The number of sulfone groups is 1. The minimum absolute atomic E-state index is 0.0189. The largest absolute Gasteiger partial charge is 0.434 e. The van der Waals surface area contributed by atoms with Crippen molar-refractivity contribution in [3.8, 4) is 17.0 Å². The van der Waals surface area contributed by atoms with Crippen molar-refractivity contribution < 1.29 is 45.0 Å². The van der Waals surface area contributed by atoms with Gasteiger partial charge in [-0.05, 0) is 51.4 Å². The molecule has 2 aliphatic rings. The van der Waals surface area contributed by atoms with E-state index in [2.05, 4.69) is 25.5 Å². The van der Waals surface area contributed by atoms with Crippen LogP contribution in [0.4, 0.5) is 27.8 Å². The van der Waals surface area contributed by atoms with Gasteiger partial charge in [0.2, 0.25) is 0 Å². The molecule has 0 bridgehead atoms. The first-order valence-corrected chi connectivity index (χ1v) is 16.1. The highest BCUT2D eigenvalue weighted by molar-refractivity contribution is 7.91. The highest BCUT2D eigenvalue weighted by atomic mass is 35.5. The third-order valence-electron chi connectivity index (χ3n) is 7.77. The summed E-state index contributed by atoms with van der Waals surface area (Å²) in [6.07, 6.45) is -1.33. The first kappa shape index (κ1) is 33.2. The van der Waals surface area contributed by atoms with Gasteiger partial charge >= 0.3 is 12.8 Å². The Labute approximate surface area is 250 Å². The summed E-state index contributed by atoms with van der Waals surface area (Å²) in [4.78, 5) is 17.2. The van der Waals surface area contributed by atoms with E-state index in [1.165, 1.54) is 4.68 Å². The second-order valence-electron chi connectivity index (χ2n) is 11.1. The molecule has 0 aliphatic heterocycles. The second-order valence-corrected chi connectivity index (χ2v) is 13.8. The van der Waals surface area contributed by atoms with Gasteiger partial charge in [0, 0.05) is 37.7 Å². The number of carbonyl (C=O) groups excluding carboxylic acids is 1. The number of nitrogens with one attached hydrogen (secondary N) is 2. The molecule has 2 aromatic rings. The van der Waals surface area contributed by atoms with E-state index in [0.29, 0.717) is 12.8 Å². The number of aromatic nitrogens is 3. The molecule has 0 saturated heterocycles. The molecule has 1 amide bonds. The lowest BCUT2D eigenvalue weighted by molar-refractivity contribution is -0.138. The van der Waals surface area contributed by atoms with Gasteiger partial charge in [-0.25, -0.2) is 13.4 Å². The predicted octanol–water partition coefficient (Wildman–Crippen LogP) is 4.81. The molecule has 0 spiro atoms. The molecule has 2 aliphatic carbocycles. The van der Waals surface area contributed by atoms with Gasteiger partial charge in [-0.2, -0.15) is 27.1 Å². The fourth-order valence-electron chi connectivity index (χ4n) is 5.29. The molecule has 3 N–H and O–H groups in total. The highest BCUT2D eigenvalue weighted by Gasteiger charge is 2.41. The van der Waals surface area contributed by atoms with E-state index in [1.54, 1.807) is 6.92 Å². The Kier molecular flexibility index (Phi) is 9.81. The van der Waals surface area contributed by atoms with Crippen molar-refractivity contribution in [1.29, 1.82) is 0 Å². The molecule has 1 atom stereocenters. The van der Waals surface area contributed by atoms with Crippen LogP contribution < -0.4 is 15.4 Å². The Morgan fingerprint density at radius 2 is 1.91 bits per heavy atom. The van der Waals surface area contributed by atoms with E-state index in [-0.39, 0.29) is 72.5 Å². The zero-order valence-electron chi connectivity index (χ0n) is 23.4. The molecular formula is C26H33ClF5N5O5S. The lowest BCUT2D eigenvalue weighted by Gasteiger charge is -2.35. The predicted molar refractivity (Wildman–Crippen MR) is 148 cm³/mol. The van der Waals surface area contributed by atoms with E-state index in [0.717, 1.165) is 18.5 Å². The highest BCUT2D eigenvalue weighted by Crippen LogP contribution is 2.41. The fraction of sp³-hybridized carbons (Fsp3) is 0.654. The van der Waals surface area contributed by atoms with Gasteiger partial charge in [0.15, 0.2) is 5.69 Å². The van der Waals surface area contributed by atoms with E-state index in [1.807, 2.05) is 0 Å². The molecule has 2 heterocycles. The third kappa shape index (κ3) is 8.47. The lowest BCUT2D eigenvalue weighted by atomic mass is 9.84. The summed E-state index contributed by atoms with van der Waals surface area (Å²) in [7, 11) is -3.26. The van der Waals surface area contributed by atoms with Gasteiger partial charge in [-0.1, -0.05) is 11.6 Å². The Bertz CT molecular complexity index is 1430. The van der Waals surface area contributed by atoms with Gasteiger partial charge in [-0.3, -0.25) is 9.48 Å². The smallest absolute Gasteiger partial charge is 0.391 e. The number of carbonyl (C=O) groups is 1. The Morgan fingerprint density at radius 1 is 1.26 bits per heavy atom. The summed E-state index contributed by atoms with van der Waals surface area (Å²) in [6.45, 7) is -1.69. The van der Waals surface area contributed by atoms with Crippen LogP contribution in [0.2, 0.25) is 5.02 Å². The van der Waals surface area contributed by atoms with Gasteiger partial charge in [0.05, 0.1) is 33.6 Å². The molecule has 17 heteroatoms. The molecular weight excluding hydrogens is 625 g/mol. The monoisotopic (exact) mass is 657 g/mol. The van der Waals surface area contributed by atoms with Crippen LogP contribution in [0.3, 0.4) is 0 Å². The number of amides is 1. The van der Waals surface area contributed by atoms with Crippen molar-refractivity contribution in [2.45, 2.75) is 88.1 Å². The number of rotatable bonds is 12. The van der Waals surface area contributed by atoms with Crippen molar-refractivity contribution >= 4 is 33.2 Å². The number of alkyl halides is 5. The molecule has 4 rings (SSSR count). The maximum Gasteiger partial charge on any atom is 0.391 e. The molecule has 10 nitrogen and oxygen atoms in total. The number of aryl methyl sites for hydroxylation is 1. The summed E-state index contributed by atoms with van der Waals surface area (Å²) in [5, 5.41) is 19.5. The van der Waals surface area contributed by atoms with Crippen LogP contribution in [0.15, 0.2) is 12.3 Å². The van der Waals surface area contributed by atoms with Crippen LogP contribution in [0.5, 0.6) is 5.75 Å². The van der Waals surface area contributed by atoms with Gasteiger partial charge < -0.3 is 20.5 Å². The summed E-state index contributed by atoms with van der Waals surface area (Å²) in [5.74, 6) is -1.53. The molecule has 43 heavy (non-hydrogen) atoms. The van der Waals surface area contributed by atoms with Crippen molar-refractivity contribution in [2.24, 2.45) is 5.92 Å². The zero-order chi connectivity index (χ0) is 31.7. The minimum atomic E-state index is -4.44. The van der Waals surface area contributed by atoms with Gasteiger partial charge in [-0.15, -0.1) is 0 Å². The number of pyridine rings is 1. The second kappa shape index (κ2) is 12.7. The first-order valence-electron chi connectivity index (χ1n) is 13.7. The summed E-state index contributed by atoms with van der Waals surface area (Å²) in [5.41, 5.74) is -1.66. The maximum atomic E-state index is 13.4. The number of aliphatic hydroxyl groups is 1. The van der Waals surface area contributed by atoms with E-state index < -0.39 is 57.6 Å². The lowest BCUT2D eigenvalue weighted by Crippen LogP contribution is -2.47. The fourth-order valence-corrected chi connectivity index (χ4v) is 6.71. The van der Waals surface area contributed by atoms with Crippen LogP contribution in [0, 0.1) is 5.92 Å². The number of anilines is 1. The van der Waals surface area contributed by atoms with Crippen LogP contribution in [0.25, 0.3) is 11.3 Å². The zero-order valence-corrected chi connectivity index (χ0v) is 25.0. The normalized spacial score (nSPS) is 22.0. The summed E-state index contributed by atoms with van der Waals surface area (Å²) in [6, 6.07) is 0.0626. The topological polar surface area (TPSA) is 135 Å². The standard InChI is InChI=1S/C26H33ClF5N5O5S/c1-3-37-22(20(27)21(36-37)23(38)34-13-25(39)8-6-15(7-9-25)43(2,40)41)16-12-33-19(10-18(16)42-24(28)29)35-17(14-4-5-14)11-26(30,31)32/h10,12,14-15,17,24,39H,3-9,11,13H2,1-2H3,(H,33,35)(H,34,38). The molecule has 2 aromatic heterocycles. The summed E-state index contributed by atoms with van der Waals surface area (Å²) >= 11 is 6.53. The molecule has 0 aromatic carbocycles. The minimum Gasteiger partial charge on any atom is -0.434 e. The average molecular weight is 658 g/mol. The number of hydrogen-bond donors (Lipinski definition) is 3. The Balaban J connectivity index is 1.56. The maximum absolute atomic E-state index is 13.4. The number of ether oxygens (including phenoxy) is 1. The van der Waals surface area contributed by atoms with Crippen molar-refractivity contribution in [3.63, 3.8) is 0 Å². The first-order chi connectivity index (χ1) is 20.0. The molecule has 2 saturated carbocycles. The molecule has 240 valence electrons. The van der Waals surface area contributed by atoms with Crippen molar-refractivity contribution in [1.82, 2.24) is 20.1 Å². The SMILES string of the molecule is CCn1nc(C(=O)NCC2(O)CCC(S(C)(=O)=O)CC2)c(Cl)c1-c1cnc(NC(CC(F)(F)F)C2CC2)cc1OC(F)F. The Hall–Kier alpha value is -2.72. The third-order valence-corrected chi connectivity index (χ3v) is 9.81. The van der Waals surface area contributed by atoms with Gasteiger partial charge in [0.1, 0.15) is 21.4 Å². The average Bonchev–Trinajstić information content (AvgIpc) is 3.69. The number of nitrogens with zero attached hydrogens (tertiary/aromatic N) is 3. The van der Waals surface area contributed by atoms with Gasteiger partial charge in [0.25, 0.3) is 5.91 Å². The quantitative estimate of drug-likeness (QED) is 0.277. The van der Waals surface area contributed by atoms with Crippen LogP contribution in [-0.4, -0.2) is 76.7 Å². The van der Waals surface area contributed by atoms with Crippen molar-refractivity contribution in [2.75, 3.05) is 18.1 Å². The van der Waals surface area contributed by atoms with E-state index in [9.17, 15) is 40.3 Å². The van der Waals surface area contributed by atoms with E-state index >= 15 is 0 Å². The van der Waals surface area contributed by atoms with E-state index in [4.69, 9.17) is 11.6 Å². The van der Waals surface area contributed by atoms with Crippen LogP contribution in [0.1, 0.15) is 62.4 Å². The molecule has 2 fully saturated rings. The number of hydrogen-bond acceptors (Lipinski definition) is 8. The van der Waals surface area contributed by atoms with Crippen LogP contribution >= 0.6 is 11.6 Å². The number of halogens is 6. The molecule has 0 radical (unpaired) electrons. The molecule has 1 unspecified atom stereocenters. The van der Waals surface area contributed by atoms with Crippen molar-refractivity contribution in [3.05, 3.63) is 23.0 Å².